The van der Waals surface area contributed by atoms with Crippen molar-refractivity contribution < 1.29 is 18.8 Å². The Morgan fingerprint density at radius 1 is 1.25 bits per heavy atom. The molecule has 0 amide bonds. The molecule has 0 saturated carbocycles. The van der Waals surface area contributed by atoms with Gasteiger partial charge < -0.3 is 13.9 Å². The molecule has 0 aromatic heterocycles. The molecule has 0 atom stereocenters. The van der Waals surface area contributed by atoms with Crippen LogP contribution in [0.15, 0.2) is 0 Å². The third-order valence-corrected chi connectivity index (χ3v) is 8.75. The monoisotopic (exact) mass is 305 g/mol. The Morgan fingerprint density at radius 2 is 1.70 bits per heavy atom. The second kappa shape index (κ2) is 5.36. The molecule has 1 heterocycles. The standard InChI is InChI=1S/C13H27NO5Si/c1-11(2,3)20(6,7)19-10-13(14(15)16)8-17-12(4,5)18-9-13/h8-10H2,1-7H3. The van der Waals surface area contributed by atoms with Crippen molar-refractivity contribution in [2.75, 3.05) is 19.8 Å². The molecule has 0 unspecified atom stereocenters. The fourth-order valence-electron chi connectivity index (χ4n) is 1.47. The maximum atomic E-state index is 11.4. The van der Waals surface area contributed by atoms with E-state index in [2.05, 4.69) is 33.9 Å². The predicted octanol–water partition coefficient (Wildman–Crippen LogP) is 2.81. The van der Waals surface area contributed by atoms with Gasteiger partial charge in [-0.3, -0.25) is 10.1 Å². The highest BCUT2D eigenvalue weighted by Gasteiger charge is 2.52. The summed E-state index contributed by atoms with van der Waals surface area (Å²) in [6, 6.07) is 0. The van der Waals surface area contributed by atoms with Crippen LogP contribution in [0, 0.1) is 10.1 Å². The fraction of sp³-hybridized carbons (Fsp3) is 1.00. The van der Waals surface area contributed by atoms with Crippen LogP contribution in [0.3, 0.4) is 0 Å². The molecule has 20 heavy (non-hydrogen) atoms. The van der Waals surface area contributed by atoms with Gasteiger partial charge in [0.15, 0.2) is 14.1 Å². The molecule has 1 aliphatic rings. The van der Waals surface area contributed by atoms with E-state index in [1.807, 2.05) is 0 Å². The number of hydrogen-bond donors (Lipinski definition) is 0. The normalized spacial score (nSPS) is 22.6. The van der Waals surface area contributed by atoms with Gasteiger partial charge in [-0.05, 0) is 32.0 Å². The molecule has 0 aromatic rings. The summed E-state index contributed by atoms with van der Waals surface area (Å²) in [5.41, 5.74) is -1.30. The van der Waals surface area contributed by atoms with Gasteiger partial charge in [0, 0.05) is 4.92 Å². The highest BCUT2D eigenvalue weighted by atomic mass is 28.4. The zero-order chi connectivity index (χ0) is 15.8. The first-order valence-electron chi connectivity index (χ1n) is 6.88. The van der Waals surface area contributed by atoms with Crippen LogP contribution in [0.5, 0.6) is 0 Å². The van der Waals surface area contributed by atoms with Crippen LogP contribution in [0.1, 0.15) is 34.6 Å². The summed E-state index contributed by atoms with van der Waals surface area (Å²) in [7, 11) is -2.03. The fourth-order valence-corrected chi connectivity index (χ4v) is 2.53. The molecule has 1 rings (SSSR count). The SMILES string of the molecule is CC1(C)OCC(CO[Si](C)(C)C(C)(C)C)([N+](=O)[O-])CO1. The second-order valence-corrected chi connectivity index (χ2v) is 12.3. The molecular weight excluding hydrogens is 278 g/mol. The molecular formula is C13H27NO5Si. The molecule has 1 saturated heterocycles. The van der Waals surface area contributed by atoms with Gasteiger partial charge in [-0.15, -0.1) is 0 Å². The Labute approximate surface area is 122 Å². The van der Waals surface area contributed by atoms with E-state index in [1.165, 1.54) is 0 Å². The Bertz CT molecular complexity index is 365. The van der Waals surface area contributed by atoms with Crippen molar-refractivity contribution in [3.05, 3.63) is 10.1 Å². The summed E-state index contributed by atoms with van der Waals surface area (Å²) >= 11 is 0. The smallest absolute Gasteiger partial charge is 0.289 e. The molecule has 118 valence electrons. The number of nitrogens with zero attached hydrogens (tertiary/aromatic N) is 1. The quantitative estimate of drug-likeness (QED) is 0.454. The van der Waals surface area contributed by atoms with Gasteiger partial charge in [0.05, 0.1) is 0 Å². The Morgan fingerprint density at radius 3 is 2.05 bits per heavy atom. The summed E-state index contributed by atoms with van der Waals surface area (Å²) in [4.78, 5) is 11.1. The van der Waals surface area contributed by atoms with Gasteiger partial charge in [0.25, 0.3) is 5.54 Å². The first-order chi connectivity index (χ1) is 8.81. The minimum Gasteiger partial charge on any atom is -0.409 e. The molecule has 0 N–H and O–H groups in total. The number of ether oxygens (including phenoxy) is 2. The summed E-state index contributed by atoms with van der Waals surface area (Å²) in [6.45, 7) is 14.1. The zero-order valence-electron chi connectivity index (χ0n) is 13.6. The van der Waals surface area contributed by atoms with Gasteiger partial charge in [-0.25, -0.2) is 0 Å². The Kier molecular flexibility index (Phi) is 4.70. The molecule has 0 aromatic carbocycles. The third-order valence-electron chi connectivity index (χ3n) is 4.27. The van der Waals surface area contributed by atoms with E-state index in [-0.39, 0.29) is 29.8 Å². The zero-order valence-corrected chi connectivity index (χ0v) is 14.6. The van der Waals surface area contributed by atoms with Crippen LogP contribution in [-0.4, -0.2) is 44.4 Å². The molecule has 1 fully saturated rings. The van der Waals surface area contributed by atoms with Gasteiger partial charge in [-0.2, -0.15) is 0 Å². The lowest BCUT2D eigenvalue weighted by Crippen LogP contribution is -2.60. The maximum absolute atomic E-state index is 11.4. The summed E-state index contributed by atoms with van der Waals surface area (Å²) < 4.78 is 16.9. The molecule has 1 aliphatic heterocycles. The van der Waals surface area contributed by atoms with Crippen molar-refractivity contribution in [1.29, 1.82) is 0 Å². The predicted molar refractivity (Wildman–Crippen MR) is 78.9 cm³/mol. The van der Waals surface area contributed by atoms with Crippen molar-refractivity contribution >= 4 is 8.32 Å². The first kappa shape index (κ1) is 17.5. The molecule has 7 heteroatoms. The van der Waals surface area contributed by atoms with Crippen molar-refractivity contribution in [3.8, 4) is 0 Å². The lowest BCUT2D eigenvalue weighted by atomic mass is 10.0. The van der Waals surface area contributed by atoms with Gasteiger partial charge in [0.1, 0.15) is 19.8 Å². The summed E-state index contributed by atoms with van der Waals surface area (Å²) in [6.07, 6.45) is 0. The van der Waals surface area contributed by atoms with E-state index in [0.717, 1.165) is 0 Å². The topological polar surface area (TPSA) is 70.8 Å². The van der Waals surface area contributed by atoms with E-state index in [9.17, 15) is 10.1 Å². The number of nitro groups is 1. The molecule has 0 bridgehead atoms. The van der Waals surface area contributed by atoms with Crippen molar-refractivity contribution in [2.45, 2.75) is 64.1 Å². The maximum Gasteiger partial charge on any atom is 0.289 e. The van der Waals surface area contributed by atoms with Crippen LogP contribution in [0.25, 0.3) is 0 Å². The molecule has 0 aliphatic carbocycles. The Balaban J connectivity index is 2.78. The molecule has 0 radical (unpaired) electrons. The van der Waals surface area contributed by atoms with Crippen LogP contribution in [0.2, 0.25) is 18.1 Å². The van der Waals surface area contributed by atoms with E-state index in [0.29, 0.717) is 0 Å². The lowest BCUT2D eigenvalue weighted by molar-refractivity contribution is -0.598. The van der Waals surface area contributed by atoms with Gasteiger partial charge in [0.2, 0.25) is 0 Å². The Hall–Kier alpha value is -0.503. The van der Waals surface area contributed by atoms with E-state index >= 15 is 0 Å². The van der Waals surface area contributed by atoms with Crippen LogP contribution < -0.4 is 0 Å². The van der Waals surface area contributed by atoms with E-state index in [4.69, 9.17) is 13.9 Å². The molecule has 0 spiro atoms. The van der Waals surface area contributed by atoms with Crippen molar-refractivity contribution in [3.63, 3.8) is 0 Å². The average Bonchev–Trinajstić information content (AvgIpc) is 2.26. The van der Waals surface area contributed by atoms with Crippen LogP contribution >= 0.6 is 0 Å². The van der Waals surface area contributed by atoms with Crippen molar-refractivity contribution in [2.24, 2.45) is 0 Å². The minimum absolute atomic E-state index is 0.0143. The highest BCUT2D eigenvalue weighted by Crippen LogP contribution is 2.37. The van der Waals surface area contributed by atoms with Crippen LogP contribution in [-0.2, 0) is 13.9 Å². The molecule has 6 nitrogen and oxygen atoms in total. The van der Waals surface area contributed by atoms with Gasteiger partial charge >= 0.3 is 0 Å². The second-order valence-electron chi connectivity index (χ2n) is 7.51. The summed E-state index contributed by atoms with van der Waals surface area (Å²) in [5.74, 6) is -0.767. The van der Waals surface area contributed by atoms with E-state index < -0.39 is 19.6 Å². The lowest BCUT2D eigenvalue weighted by Gasteiger charge is -2.41. The first-order valence-corrected chi connectivity index (χ1v) is 9.79. The largest absolute Gasteiger partial charge is 0.409 e. The van der Waals surface area contributed by atoms with Crippen LogP contribution in [0.4, 0.5) is 0 Å². The third kappa shape index (κ3) is 3.78. The highest BCUT2D eigenvalue weighted by molar-refractivity contribution is 6.74. The van der Waals surface area contributed by atoms with E-state index in [1.54, 1.807) is 13.8 Å². The van der Waals surface area contributed by atoms with Crippen molar-refractivity contribution in [1.82, 2.24) is 0 Å². The number of hydrogen-bond acceptors (Lipinski definition) is 5. The average molecular weight is 305 g/mol. The van der Waals surface area contributed by atoms with Gasteiger partial charge in [-0.1, -0.05) is 20.8 Å². The number of rotatable bonds is 4. The minimum atomic E-state index is -2.03. The summed E-state index contributed by atoms with van der Waals surface area (Å²) in [5, 5.41) is 11.4.